The van der Waals surface area contributed by atoms with Crippen LogP contribution in [0.15, 0.2) is 60.7 Å². The number of aromatic hydroxyl groups is 1. The number of phenols is 1. The molecule has 0 heterocycles. The molecule has 1 unspecified atom stereocenters. The molecule has 3 N–H and O–H groups in total. The van der Waals surface area contributed by atoms with Gasteiger partial charge in [-0.3, -0.25) is 0 Å². The Bertz CT molecular complexity index is 552. The van der Waals surface area contributed by atoms with E-state index in [2.05, 4.69) is 5.32 Å². The van der Waals surface area contributed by atoms with Gasteiger partial charge in [-0.15, -0.1) is 0 Å². The number of hydrogen-bond donors (Lipinski definition) is 3. The number of aliphatic hydroxyl groups excluding tert-OH is 1. The zero-order valence-corrected chi connectivity index (χ0v) is 11.2. The van der Waals surface area contributed by atoms with Crippen LogP contribution < -0.4 is 5.32 Å². The Morgan fingerprint density at radius 1 is 1.05 bits per heavy atom. The van der Waals surface area contributed by atoms with Crippen molar-refractivity contribution in [2.24, 2.45) is 0 Å². The van der Waals surface area contributed by atoms with Gasteiger partial charge in [-0.05, 0) is 23.3 Å². The van der Waals surface area contributed by atoms with Crippen LogP contribution in [0, 0.1) is 0 Å². The van der Waals surface area contributed by atoms with Gasteiger partial charge in [0.05, 0.1) is 6.10 Å². The molecule has 0 amide bonds. The van der Waals surface area contributed by atoms with E-state index in [1.54, 1.807) is 24.3 Å². The maximum absolute atomic E-state index is 9.96. The van der Waals surface area contributed by atoms with E-state index >= 15 is 0 Å². The lowest BCUT2D eigenvalue weighted by Crippen LogP contribution is -2.21. The van der Waals surface area contributed by atoms with Gasteiger partial charge in [0.15, 0.2) is 0 Å². The van der Waals surface area contributed by atoms with Crippen molar-refractivity contribution in [1.82, 2.24) is 5.32 Å². The first-order valence-corrected chi connectivity index (χ1v) is 6.65. The maximum Gasteiger partial charge on any atom is 0.115 e. The van der Waals surface area contributed by atoms with Gasteiger partial charge < -0.3 is 15.5 Å². The molecule has 0 saturated carbocycles. The predicted octanol–water partition coefficient (Wildman–Crippen LogP) is 2.73. The van der Waals surface area contributed by atoms with Crippen molar-refractivity contribution in [1.29, 1.82) is 0 Å². The Labute approximate surface area is 119 Å². The van der Waals surface area contributed by atoms with Crippen molar-refractivity contribution in [3.05, 3.63) is 71.8 Å². The number of phenolic OH excluding ortho intramolecular Hbond substituents is 1. The fourth-order valence-corrected chi connectivity index (χ4v) is 1.91. The number of hydrogen-bond acceptors (Lipinski definition) is 3. The lowest BCUT2D eigenvalue weighted by Gasteiger charge is -2.11. The van der Waals surface area contributed by atoms with Crippen LogP contribution in [0.5, 0.6) is 5.75 Å². The standard InChI is InChI=1S/C17H19NO2/c19-16-10-4-9-15(12-16)17(20)13-18-11-5-8-14-6-2-1-3-7-14/h1-10,12,17-20H,11,13H2/b8-5+. The van der Waals surface area contributed by atoms with E-state index in [0.717, 1.165) is 5.56 Å². The fraction of sp³-hybridized carbons (Fsp3) is 0.176. The summed E-state index contributed by atoms with van der Waals surface area (Å²) in [6.07, 6.45) is 3.44. The van der Waals surface area contributed by atoms with Crippen molar-refractivity contribution < 1.29 is 10.2 Å². The Hall–Kier alpha value is -2.10. The smallest absolute Gasteiger partial charge is 0.115 e. The molecule has 0 saturated heterocycles. The summed E-state index contributed by atoms with van der Waals surface area (Å²) in [6, 6.07) is 16.8. The van der Waals surface area contributed by atoms with Crippen molar-refractivity contribution in [2.45, 2.75) is 6.10 Å². The van der Waals surface area contributed by atoms with Crippen LogP contribution in [0.3, 0.4) is 0 Å². The third kappa shape index (κ3) is 4.53. The van der Waals surface area contributed by atoms with Crippen LogP contribution in [0.2, 0.25) is 0 Å². The monoisotopic (exact) mass is 269 g/mol. The second-order valence-electron chi connectivity index (χ2n) is 4.58. The average Bonchev–Trinajstić information content (AvgIpc) is 2.48. The highest BCUT2D eigenvalue weighted by Gasteiger charge is 2.06. The molecule has 2 aromatic rings. The number of aliphatic hydroxyl groups is 1. The quantitative estimate of drug-likeness (QED) is 0.707. The van der Waals surface area contributed by atoms with E-state index in [-0.39, 0.29) is 5.75 Å². The van der Waals surface area contributed by atoms with Crippen LogP contribution in [-0.2, 0) is 0 Å². The lowest BCUT2D eigenvalue weighted by molar-refractivity contribution is 0.176. The highest BCUT2D eigenvalue weighted by molar-refractivity contribution is 5.48. The second-order valence-corrected chi connectivity index (χ2v) is 4.58. The van der Waals surface area contributed by atoms with Gasteiger partial charge in [-0.25, -0.2) is 0 Å². The molecule has 0 radical (unpaired) electrons. The Kier molecular flexibility index (Phi) is 5.35. The molecule has 3 nitrogen and oxygen atoms in total. The summed E-state index contributed by atoms with van der Waals surface area (Å²) < 4.78 is 0. The van der Waals surface area contributed by atoms with Gasteiger partial charge in [-0.1, -0.05) is 54.6 Å². The molecule has 0 aliphatic heterocycles. The minimum Gasteiger partial charge on any atom is -0.508 e. The van der Waals surface area contributed by atoms with E-state index in [9.17, 15) is 10.2 Å². The van der Waals surface area contributed by atoms with E-state index in [0.29, 0.717) is 18.7 Å². The zero-order valence-electron chi connectivity index (χ0n) is 11.2. The molecule has 104 valence electrons. The van der Waals surface area contributed by atoms with Crippen molar-refractivity contribution >= 4 is 6.08 Å². The highest BCUT2D eigenvalue weighted by Crippen LogP contribution is 2.17. The Morgan fingerprint density at radius 3 is 2.60 bits per heavy atom. The fourth-order valence-electron chi connectivity index (χ4n) is 1.91. The molecule has 2 rings (SSSR count). The minimum absolute atomic E-state index is 0.172. The maximum atomic E-state index is 9.96. The van der Waals surface area contributed by atoms with Gasteiger partial charge >= 0.3 is 0 Å². The molecule has 0 aliphatic carbocycles. The summed E-state index contributed by atoms with van der Waals surface area (Å²) in [5.74, 6) is 0.172. The van der Waals surface area contributed by atoms with E-state index in [1.165, 1.54) is 0 Å². The van der Waals surface area contributed by atoms with Gasteiger partial charge in [0, 0.05) is 13.1 Å². The van der Waals surface area contributed by atoms with Crippen molar-refractivity contribution in [2.75, 3.05) is 13.1 Å². The summed E-state index contributed by atoms with van der Waals surface area (Å²) in [6.45, 7) is 1.13. The van der Waals surface area contributed by atoms with Crippen LogP contribution in [0.4, 0.5) is 0 Å². The molecular weight excluding hydrogens is 250 g/mol. The summed E-state index contributed by atoms with van der Waals surface area (Å²) >= 11 is 0. The molecular formula is C17H19NO2. The number of benzene rings is 2. The van der Waals surface area contributed by atoms with Crippen molar-refractivity contribution in [3.8, 4) is 5.75 Å². The van der Waals surface area contributed by atoms with Crippen LogP contribution in [0.1, 0.15) is 17.2 Å². The molecule has 20 heavy (non-hydrogen) atoms. The van der Waals surface area contributed by atoms with E-state index in [4.69, 9.17) is 0 Å². The molecule has 3 heteroatoms. The number of nitrogens with one attached hydrogen (secondary N) is 1. The van der Waals surface area contributed by atoms with Gasteiger partial charge in [0.2, 0.25) is 0 Å². The van der Waals surface area contributed by atoms with Crippen LogP contribution in [0.25, 0.3) is 6.08 Å². The molecule has 0 fully saturated rings. The normalized spacial score (nSPS) is 12.7. The summed E-state index contributed by atoms with van der Waals surface area (Å²) in [4.78, 5) is 0. The summed E-state index contributed by atoms with van der Waals surface area (Å²) in [7, 11) is 0. The Balaban J connectivity index is 1.74. The zero-order chi connectivity index (χ0) is 14.2. The SMILES string of the molecule is Oc1cccc(C(O)CNC/C=C/c2ccccc2)c1. The topological polar surface area (TPSA) is 52.5 Å². The highest BCUT2D eigenvalue weighted by atomic mass is 16.3. The van der Waals surface area contributed by atoms with E-state index in [1.807, 2.05) is 42.5 Å². The molecule has 2 aromatic carbocycles. The predicted molar refractivity (Wildman–Crippen MR) is 81.4 cm³/mol. The first-order chi connectivity index (χ1) is 9.75. The molecule has 0 bridgehead atoms. The largest absolute Gasteiger partial charge is 0.508 e. The van der Waals surface area contributed by atoms with Gasteiger partial charge in [0.1, 0.15) is 5.75 Å². The summed E-state index contributed by atoms with van der Waals surface area (Å²) in [5, 5.41) is 22.5. The second kappa shape index (κ2) is 7.48. The molecule has 0 spiro atoms. The first kappa shape index (κ1) is 14.3. The van der Waals surface area contributed by atoms with E-state index < -0.39 is 6.10 Å². The van der Waals surface area contributed by atoms with Crippen molar-refractivity contribution in [3.63, 3.8) is 0 Å². The molecule has 0 aromatic heterocycles. The van der Waals surface area contributed by atoms with Crippen LogP contribution in [-0.4, -0.2) is 23.3 Å². The molecule has 1 atom stereocenters. The Morgan fingerprint density at radius 2 is 1.85 bits per heavy atom. The summed E-state index contributed by atoms with van der Waals surface area (Å²) in [5.41, 5.74) is 1.87. The average molecular weight is 269 g/mol. The molecule has 0 aliphatic rings. The van der Waals surface area contributed by atoms with Gasteiger partial charge in [-0.2, -0.15) is 0 Å². The number of rotatable bonds is 6. The van der Waals surface area contributed by atoms with Crippen LogP contribution >= 0.6 is 0 Å². The lowest BCUT2D eigenvalue weighted by atomic mass is 10.1. The minimum atomic E-state index is -0.618. The van der Waals surface area contributed by atoms with Gasteiger partial charge in [0.25, 0.3) is 0 Å². The third-order valence-electron chi connectivity index (χ3n) is 2.96. The third-order valence-corrected chi connectivity index (χ3v) is 2.96. The first-order valence-electron chi connectivity index (χ1n) is 6.65.